The van der Waals surface area contributed by atoms with Crippen LogP contribution in [-0.4, -0.2) is 46.4 Å². The highest BCUT2D eigenvalue weighted by Gasteiger charge is 2.59. The van der Waals surface area contributed by atoms with E-state index >= 15 is 0 Å². The summed E-state index contributed by atoms with van der Waals surface area (Å²) in [5.74, 6) is -0.816. The third-order valence-corrected chi connectivity index (χ3v) is 5.55. The molecule has 1 aliphatic carbocycles. The Bertz CT molecular complexity index is 640. The zero-order valence-corrected chi connectivity index (χ0v) is 14.1. The first-order chi connectivity index (χ1) is 11.7. The van der Waals surface area contributed by atoms with Gasteiger partial charge in [0.25, 0.3) is 0 Å². The number of hydrogen-bond donors (Lipinski definition) is 3. The van der Waals surface area contributed by atoms with E-state index in [0.717, 1.165) is 36.9 Å². The topological polar surface area (TPSA) is 79.2 Å². The van der Waals surface area contributed by atoms with Gasteiger partial charge in [-0.3, -0.25) is 4.79 Å². The van der Waals surface area contributed by atoms with Crippen molar-refractivity contribution in [1.29, 1.82) is 0 Å². The molecule has 1 amide bonds. The Balaban J connectivity index is 1.59. The van der Waals surface area contributed by atoms with E-state index in [1.54, 1.807) is 0 Å². The number of carbonyl (C=O) groups excluding carboxylic acids is 1. The van der Waals surface area contributed by atoms with Crippen LogP contribution in [0, 0.1) is 11.3 Å². The molecule has 0 aromatic carbocycles. The first kappa shape index (κ1) is 18.2. The van der Waals surface area contributed by atoms with Crippen molar-refractivity contribution in [3.63, 3.8) is 0 Å². The predicted molar refractivity (Wildman–Crippen MR) is 83.4 cm³/mol. The van der Waals surface area contributed by atoms with E-state index in [1.807, 2.05) is 0 Å². The van der Waals surface area contributed by atoms with Crippen molar-refractivity contribution in [1.82, 2.24) is 20.2 Å². The number of rotatable bonds is 5. The molecule has 6 nitrogen and oxygen atoms in total. The summed E-state index contributed by atoms with van der Waals surface area (Å²) in [5.41, 5.74) is -3.07. The van der Waals surface area contributed by atoms with Crippen LogP contribution in [-0.2, 0) is 17.4 Å². The minimum atomic E-state index is -4.88. The summed E-state index contributed by atoms with van der Waals surface area (Å²) in [6.07, 6.45) is -0.370. The zero-order valence-electron chi connectivity index (χ0n) is 14.1. The van der Waals surface area contributed by atoms with Crippen molar-refractivity contribution in [2.75, 3.05) is 19.6 Å². The Labute approximate surface area is 143 Å². The fraction of sp³-hybridized carbons (Fsp3) is 0.750. The summed E-state index contributed by atoms with van der Waals surface area (Å²) in [4.78, 5) is 15.9. The second-order valence-corrected chi connectivity index (χ2v) is 7.13. The third kappa shape index (κ3) is 3.27. The molecular weight excluding hydrogens is 337 g/mol. The minimum Gasteiger partial charge on any atom is -0.374 e. The van der Waals surface area contributed by atoms with Gasteiger partial charge in [-0.2, -0.15) is 13.2 Å². The van der Waals surface area contributed by atoms with Crippen molar-refractivity contribution >= 4 is 5.91 Å². The van der Waals surface area contributed by atoms with Gasteiger partial charge < -0.3 is 20.3 Å². The van der Waals surface area contributed by atoms with Crippen LogP contribution in [0.4, 0.5) is 13.2 Å². The summed E-state index contributed by atoms with van der Waals surface area (Å²) in [7, 11) is 1.39. The predicted octanol–water partition coefficient (Wildman–Crippen LogP) is 1.07. The Hall–Kier alpha value is -1.61. The summed E-state index contributed by atoms with van der Waals surface area (Å²) >= 11 is 0. The number of halogens is 3. The van der Waals surface area contributed by atoms with Crippen molar-refractivity contribution in [3.05, 3.63) is 18.2 Å². The molecule has 1 aliphatic heterocycles. The number of aliphatic hydroxyl groups is 1. The molecule has 0 radical (unpaired) electrons. The number of alkyl halides is 3. The highest BCUT2D eigenvalue weighted by molar-refractivity contribution is 5.82. The lowest BCUT2D eigenvalue weighted by Crippen LogP contribution is -2.47. The lowest BCUT2D eigenvalue weighted by Gasteiger charge is -2.30. The molecule has 1 saturated carbocycles. The number of aromatic nitrogens is 2. The fourth-order valence-electron chi connectivity index (χ4n) is 3.83. The summed E-state index contributed by atoms with van der Waals surface area (Å²) < 4.78 is 41.4. The van der Waals surface area contributed by atoms with E-state index in [4.69, 9.17) is 0 Å². The van der Waals surface area contributed by atoms with Crippen LogP contribution in [0.5, 0.6) is 0 Å². The quantitative estimate of drug-likeness (QED) is 0.734. The number of nitrogens with zero attached hydrogens (tertiary/aromatic N) is 2. The lowest BCUT2D eigenvalue weighted by molar-refractivity contribution is -0.272. The van der Waals surface area contributed by atoms with Crippen molar-refractivity contribution in [3.8, 4) is 0 Å². The Morgan fingerprint density at radius 2 is 2.16 bits per heavy atom. The zero-order chi connectivity index (χ0) is 18.3. The molecule has 1 spiro atoms. The molecule has 1 aromatic heterocycles. The Morgan fingerprint density at radius 3 is 2.72 bits per heavy atom. The van der Waals surface area contributed by atoms with Gasteiger partial charge in [-0.15, -0.1) is 0 Å². The van der Waals surface area contributed by atoms with Gasteiger partial charge in [0.15, 0.2) is 0 Å². The number of carbonyl (C=O) groups is 1. The largest absolute Gasteiger partial charge is 0.424 e. The molecule has 1 aromatic rings. The van der Waals surface area contributed by atoms with Gasteiger partial charge in [0, 0.05) is 38.3 Å². The van der Waals surface area contributed by atoms with Gasteiger partial charge in [0.2, 0.25) is 11.5 Å². The molecule has 25 heavy (non-hydrogen) atoms. The first-order valence-electron chi connectivity index (χ1n) is 8.45. The van der Waals surface area contributed by atoms with Gasteiger partial charge in [-0.1, -0.05) is 0 Å². The van der Waals surface area contributed by atoms with E-state index in [1.165, 1.54) is 19.4 Å². The van der Waals surface area contributed by atoms with Crippen LogP contribution in [0.3, 0.4) is 0 Å². The number of nitrogens with one attached hydrogen (secondary N) is 2. The van der Waals surface area contributed by atoms with Crippen molar-refractivity contribution in [2.45, 2.75) is 37.5 Å². The fourth-order valence-corrected chi connectivity index (χ4v) is 3.83. The second kappa shape index (κ2) is 6.28. The van der Waals surface area contributed by atoms with Crippen LogP contribution >= 0.6 is 0 Å². The summed E-state index contributed by atoms with van der Waals surface area (Å²) in [6, 6.07) is 0. The number of imidazole rings is 1. The Morgan fingerprint density at radius 1 is 1.48 bits per heavy atom. The normalized spacial score (nSPS) is 24.8. The van der Waals surface area contributed by atoms with Gasteiger partial charge >= 0.3 is 6.18 Å². The number of aryl methyl sites for hydroxylation is 1. The van der Waals surface area contributed by atoms with Crippen molar-refractivity contribution in [2.24, 2.45) is 18.4 Å². The number of piperidine rings is 1. The van der Waals surface area contributed by atoms with E-state index < -0.39 is 24.0 Å². The monoisotopic (exact) mass is 360 g/mol. The molecular formula is C16H23F3N4O2. The van der Waals surface area contributed by atoms with Crippen LogP contribution in [0.1, 0.15) is 31.5 Å². The molecule has 1 saturated heterocycles. The maximum Gasteiger partial charge on any atom is 0.424 e. The Kier molecular flexibility index (Phi) is 4.57. The van der Waals surface area contributed by atoms with Crippen LogP contribution in [0.25, 0.3) is 0 Å². The molecule has 2 aliphatic rings. The SMILES string of the molecule is Cn1ccnc1C(O)(CCNC(=O)C1CC12CCNCC2)C(F)(F)F. The molecule has 2 heterocycles. The molecule has 2 atom stereocenters. The maximum absolute atomic E-state index is 13.4. The lowest BCUT2D eigenvalue weighted by atomic mass is 9.91. The molecule has 3 rings (SSSR count). The first-order valence-corrected chi connectivity index (χ1v) is 8.45. The van der Waals surface area contributed by atoms with Gasteiger partial charge in [-0.05, 0) is 37.8 Å². The molecule has 9 heteroatoms. The maximum atomic E-state index is 13.4. The average Bonchev–Trinajstić information content (AvgIpc) is 3.04. The molecule has 0 bridgehead atoms. The van der Waals surface area contributed by atoms with Crippen LogP contribution in [0.15, 0.2) is 12.4 Å². The highest BCUT2D eigenvalue weighted by Crippen LogP contribution is 2.58. The molecule has 2 fully saturated rings. The molecule has 140 valence electrons. The minimum absolute atomic E-state index is 0.0232. The van der Waals surface area contributed by atoms with Crippen LogP contribution < -0.4 is 10.6 Å². The second-order valence-electron chi connectivity index (χ2n) is 7.13. The summed E-state index contributed by atoms with van der Waals surface area (Å²) in [5, 5.41) is 16.0. The molecule has 2 unspecified atom stereocenters. The van der Waals surface area contributed by atoms with Crippen molar-refractivity contribution < 1.29 is 23.1 Å². The number of amides is 1. The highest BCUT2D eigenvalue weighted by atomic mass is 19.4. The van der Waals surface area contributed by atoms with E-state index in [0.29, 0.717) is 0 Å². The van der Waals surface area contributed by atoms with Gasteiger partial charge in [-0.25, -0.2) is 4.98 Å². The van der Waals surface area contributed by atoms with E-state index in [-0.39, 0.29) is 23.8 Å². The smallest absolute Gasteiger partial charge is 0.374 e. The van der Waals surface area contributed by atoms with Gasteiger partial charge in [0.1, 0.15) is 5.82 Å². The molecule has 3 N–H and O–H groups in total. The van der Waals surface area contributed by atoms with E-state index in [9.17, 15) is 23.1 Å². The average molecular weight is 360 g/mol. The van der Waals surface area contributed by atoms with E-state index in [2.05, 4.69) is 15.6 Å². The third-order valence-electron chi connectivity index (χ3n) is 5.55. The van der Waals surface area contributed by atoms with Crippen LogP contribution in [0.2, 0.25) is 0 Å². The van der Waals surface area contributed by atoms with Gasteiger partial charge in [0.05, 0.1) is 0 Å². The summed E-state index contributed by atoms with van der Waals surface area (Å²) in [6.45, 7) is 1.49. The standard InChI is InChI=1S/C16H23F3N4O2/c1-23-9-8-22-13(23)15(25,16(17,18)19)4-7-21-12(24)11-10-14(11)2-5-20-6-3-14/h8-9,11,20,25H,2-7,10H2,1H3,(H,21,24). The number of hydrogen-bond acceptors (Lipinski definition) is 4.